The van der Waals surface area contributed by atoms with Crippen LogP contribution in [-0.4, -0.2) is 20.9 Å². The first kappa shape index (κ1) is 14.3. The van der Waals surface area contributed by atoms with Crippen molar-refractivity contribution in [2.45, 2.75) is 20.0 Å². The zero-order valence-electron chi connectivity index (χ0n) is 12.6. The van der Waals surface area contributed by atoms with E-state index in [9.17, 15) is 4.79 Å². The van der Waals surface area contributed by atoms with E-state index in [2.05, 4.69) is 15.6 Å². The number of benzene rings is 2. The number of amides is 1. The lowest BCUT2D eigenvalue weighted by atomic mass is 10.1. The van der Waals surface area contributed by atoms with Crippen molar-refractivity contribution < 1.29 is 4.79 Å². The minimum absolute atomic E-state index is 0.112. The molecular weight excluding hydrogens is 276 g/mol. The fraction of sp³-hybridized carbons (Fsp3) is 0.235. The zero-order valence-corrected chi connectivity index (χ0v) is 12.6. The van der Waals surface area contributed by atoms with Gasteiger partial charge in [0.15, 0.2) is 0 Å². The van der Waals surface area contributed by atoms with Gasteiger partial charge in [-0.15, -0.1) is 5.10 Å². The van der Waals surface area contributed by atoms with Gasteiger partial charge in [-0.25, -0.2) is 4.68 Å². The van der Waals surface area contributed by atoms with Crippen LogP contribution in [0.15, 0.2) is 54.6 Å². The zero-order chi connectivity index (χ0) is 15.5. The van der Waals surface area contributed by atoms with E-state index in [0.29, 0.717) is 5.56 Å². The molecule has 0 bridgehead atoms. The fourth-order valence-electron chi connectivity index (χ4n) is 2.41. The Kier molecular flexibility index (Phi) is 3.87. The van der Waals surface area contributed by atoms with Crippen LogP contribution in [0, 0.1) is 5.92 Å². The summed E-state index contributed by atoms with van der Waals surface area (Å²) in [5, 5.41) is 11.4. The number of aromatic nitrogens is 3. The average molecular weight is 294 g/mol. The lowest BCUT2D eigenvalue weighted by Crippen LogP contribution is -2.36. The summed E-state index contributed by atoms with van der Waals surface area (Å²) in [6.07, 6.45) is -0.250. The van der Waals surface area contributed by atoms with Gasteiger partial charge in [0.2, 0.25) is 0 Å². The Morgan fingerprint density at radius 3 is 2.45 bits per heavy atom. The van der Waals surface area contributed by atoms with Crippen molar-refractivity contribution in [3.8, 4) is 0 Å². The molecule has 0 radical (unpaired) electrons. The molecule has 112 valence electrons. The molecule has 0 spiro atoms. The minimum atomic E-state index is -0.250. The molecule has 5 heteroatoms. The normalized spacial score (nSPS) is 12.5. The summed E-state index contributed by atoms with van der Waals surface area (Å²) < 4.78 is 1.78. The van der Waals surface area contributed by atoms with E-state index in [1.54, 1.807) is 16.8 Å². The van der Waals surface area contributed by atoms with Gasteiger partial charge in [-0.2, -0.15) is 0 Å². The largest absolute Gasteiger partial charge is 0.330 e. The highest BCUT2D eigenvalue weighted by atomic mass is 16.1. The lowest BCUT2D eigenvalue weighted by molar-refractivity contribution is 0.0896. The molecule has 0 saturated carbocycles. The van der Waals surface area contributed by atoms with Gasteiger partial charge in [0.25, 0.3) is 5.91 Å². The summed E-state index contributed by atoms with van der Waals surface area (Å²) in [5.41, 5.74) is 2.37. The van der Waals surface area contributed by atoms with E-state index >= 15 is 0 Å². The summed E-state index contributed by atoms with van der Waals surface area (Å²) in [7, 11) is 0. The summed E-state index contributed by atoms with van der Waals surface area (Å²) in [4.78, 5) is 12.4. The van der Waals surface area contributed by atoms with Crippen LogP contribution < -0.4 is 5.32 Å². The summed E-state index contributed by atoms with van der Waals surface area (Å²) in [6.45, 7) is 4.10. The van der Waals surface area contributed by atoms with Crippen LogP contribution in [0.3, 0.4) is 0 Å². The molecule has 1 aromatic heterocycles. The molecule has 5 nitrogen and oxygen atoms in total. The monoisotopic (exact) mass is 294 g/mol. The van der Waals surface area contributed by atoms with Crippen molar-refractivity contribution >= 4 is 16.9 Å². The summed E-state index contributed by atoms with van der Waals surface area (Å²) in [5.74, 6) is 0.0663. The molecule has 2 aromatic carbocycles. The van der Waals surface area contributed by atoms with Crippen LogP contribution in [0.25, 0.3) is 11.0 Å². The number of fused-ring (bicyclic) bond motifs is 1. The molecule has 0 unspecified atom stereocenters. The second kappa shape index (κ2) is 5.97. The van der Waals surface area contributed by atoms with Gasteiger partial charge >= 0.3 is 0 Å². The van der Waals surface area contributed by atoms with E-state index in [0.717, 1.165) is 11.0 Å². The van der Waals surface area contributed by atoms with E-state index in [1.807, 2.05) is 56.3 Å². The van der Waals surface area contributed by atoms with Crippen LogP contribution in [0.4, 0.5) is 0 Å². The van der Waals surface area contributed by atoms with Gasteiger partial charge in [-0.05, 0) is 30.2 Å². The maximum Gasteiger partial charge on any atom is 0.252 e. The average Bonchev–Trinajstić information content (AvgIpc) is 2.96. The van der Waals surface area contributed by atoms with Crippen molar-refractivity contribution in [2.24, 2.45) is 5.92 Å². The number of hydrogen-bond donors (Lipinski definition) is 1. The molecule has 3 rings (SSSR count). The van der Waals surface area contributed by atoms with Gasteiger partial charge in [0, 0.05) is 5.56 Å². The fourth-order valence-corrected chi connectivity index (χ4v) is 2.41. The highest BCUT2D eigenvalue weighted by Gasteiger charge is 2.21. The maximum absolute atomic E-state index is 12.4. The van der Waals surface area contributed by atoms with Crippen molar-refractivity contribution in [1.29, 1.82) is 0 Å². The van der Waals surface area contributed by atoms with Crippen molar-refractivity contribution in [1.82, 2.24) is 20.3 Å². The first-order valence-electron chi connectivity index (χ1n) is 7.32. The third-order valence-corrected chi connectivity index (χ3v) is 3.59. The topological polar surface area (TPSA) is 59.8 Å². The Morgan fingerprint density at radius 1 is 1.05 bits per heavy atom. The number of carbonyl (C=O) groups is 1. The predicted molar refractivity (Wildman–Crippen MR) is 85.3 cm³/mol. The van der Waals surface area contributed by atoms with Gasteiger partial charge in [-0.3, -0.25) is 4.79 Å². The van der Waals surface area contributed by atoms with Gasteiger partial charge in [0.05, 0.1) is 5.52 Å². The van der Waals surface area contributed by atoms with Crippen LogP contribution in [-0.2, 0) is 0 Å². The highest BCUT2D eigenvalue weighted by Crippen LogP contribution is 2.20. The summed E-state index contributed by atoms with van der Waals surface area (Å²) in [6, 6.07) is 16.9. The third kappa shape index (κ3) is 2.70. The first-order valence-corrected chi connectivity index (χ1v) is 7.32. The van der Waals surface area contributed by atoms with Crippen molar-refractivity contribution in [2.75, 3.05) is 0 Å². The van der Waals surface area contributed by atoms with Crippen molar-refractivity contribution in [3.63, 3.8) is 0 Å². The molecule has 1 heterocycles. The second-order valence-corrected chi connectivity index (χ2v) is 5.55. The van der Waals surface area contributed by atoms with E-state index in [4.69, 9.17) is 0 Å². The standard InChI is InChI=1S/C17H18N4O/c1-12(2)16(18-17(22)13-8-4-3-5-9-13)21-15-11-7-6-10-14(15)19-20-21/h3-12,16H,1-2H3,(H,18,22)/t16-/m1/s1. The van der Waals surface area contributed by atoms with E-state index in [-0.39, 0.29) is 18.0 Å². The number of para-hydroxylation sites is 1. The van der Waals surface area contributed by atoms with Crippen LogP contribution in [0.2, 0.25) is 0 Å². The van der Waals surface area contributed by atoms with Crippen LogP contribution in [0.1, 0.15) is 30.4 Å². The molecule has 1 atom stereocenters. The van der Waals surface area contributed by atoms with Crippen molar-refractivity contribution in [3.05, 3.63) is 60.2 Å². The molecule has 1 N–H and O–H groups in total. The number of nitrogens with one attached hydrogen (secondary N) is 1. The smallest absolute Gasteiger partial charge is 0.252 e. The van der Waals surface area contributed by atoms with Crippen LogP contribution in [0.5, 0.6) is 0 Å². The molecule has 0 fully saturated rings. The molecule has 0 aliphatic rings. The molecule has 3 aromatic rings. The maximum atomic E-state index is 12.4. The summed E-state index contributed by atoms with van der Waals surface area (Å²) >= 11 is 0. The van der Waals surface area contributed by atoms with E-state index < -0.39 is 0 Å². The van der Waals surface area contributed by atoms with Gasteiger partial charge in [0.1, 0.15) is 11.7 Å². The van der Waals surface area contributed by atoms with Gasteiger partial charge < -0.3 is 5.32 Å². The number of nitrogens with zero attached hydrogens (tertiary/aromatic N) is 3. The number of hydrogen-bond acceptors (Lipinski definition) is 3. The molecule has 0 saturated heterocycles. The first-order chi connectivity index (χ1) is 10.7. The van der Waals surface area contributed by atoms with Gasteiger partial charge in [-0.1, -0.05) is 49.4 Å². The van der Waals surface area contributed by atoms with E-state index in [1.165, 1.54) is 0 Å². The Morgan fingerprint density at radius 2 is 1.73 bits per heavy atom. The molecule has 0 aliphatic carbocycles. The second-order valence-electron chi connectivity index (χ2n) is 5.55. The molecule has 22 heavy (non-hydrogen) atoms. The Balaban J connectivity index is 1.92. The lowest BCUT2D eigenvalue weighted by Gasteiger charge is -2.23. The SMILES string of the molecule is CC(C)[C@H](NC(=O)c1ccccc1)n1nnc2ccccc21. The third-order valence-electron chi connectivity index (χ3n) is 3.59. The highest BCUT2D eigenvalue weighted by molar-refractivity contribution is 5.94. The number of rotatable bonds is 4. The Hall–Kier alpha value is -2.69. The quantitative estimate of drug-likeness (QED) is 0.804. The molecule has 0 aliphatic heterocycles. The Labute approximate surface area is 129 Å². The number of carbonyl (C=O) groups excluding carboxylic acids is 1. The minimum Gasteiger partial charge on any atom is -0.330 e. The van der Waals surface area contributed by atoms with Crippen LogP contribution >= 0.6 is 0 Å². The molecular formula is C17H18N4O. The molecule has 1 amide bonds. The predicted octanol–water partition coefficient (Wildman–Crippen LogP) is 3.02. The Bertz CT molecular complexity index is 779.